The molecule has 2 bridgehead atoms. The van der Waals surface area contributed by atoms with Crippen molar-refractivity contribution in [3.8, 4) is 0 Å². The lowest BCUT2D eigenvalue weighted by Gasteiger charge is -2.27. The fourth-order valence-electron chi connectivity index (χ4n) is 4.92. The number of carboxylic acid groups (broad SMARTS) is 1. The predicted molar refractivity (Wildman–Crippen MR) is 102 cm³/mol. The first-order valence-electron chi connectivity index (χ1n) is 8.98. The third-order valence-electron chi connectivity index (χ3n) is 6.33. The molecule has 2 aromatic carbocycles. The van der Waals surface area contributed by atoms with E-state index >= 15 is 0 Å². The molecule has 0 aliphatic heterocycles. The molecule has 1 saturated carbocycles. The van der Waals surface area contributed by atoms with E-state index in [-0.39, 0.29) is 0 Å². The molecule has 2 heteroatoms. The largest absolute Gasteiger partial charge is 0.478 e. The molecule has 1 N–H and O–H groups in total. The fraction of sp³-hybridized carbons (Fsp3) is 0.348. The Hall–Kier alpha value is -2.35. The highest BCUT2D eigenvalue weighted by atomic mass is 16.4. The van der Waals surface area contributed by atoms with Crippen LogP contribution in [0.15, 0.2) is 42.5 Å². The van der Waals surface area contributed by atoms with Gasteiger partial charge in [0.2, 0.25) is 0 Å². The molecule has 0 radical (unpaired) electrons. The molecule has 0 heterocycles. The van der Waals surface area contributed by atoms with Crippen LogP contribution in [0.4, 0.5) is 0 Å². The first-order chi connectivity index (χ1) is 11.8. The van der Waals surface area contributed by atoms with E-state index in [4.69, 9.17) is 5.11 Å². The van der Waals surface area contributed by atoms with E-state index in [1.807, 2.05) is 12.1 Å². The summed E-state index contributed by atoms with van der Waals surface area (Å²) in [6, 6.07) is 14.0. The zero-order valence-electron chi connectivity index (χ0n) is 15.1. The van der Waals surface area contributed by atoms with Crippen LogP contribution >= 0.6 is 0 Å². The van der Waals surface area contributed by atoms with Crippen molar-refractivity contribution in [3.63, 3.8) is 0 Å². The van der Waals surface area contributed by atoms with Gasteiger partial charge in [0.15, 0.2) is 0 Å². The monoisotopic (exact) mass is 332 g/mol. The predicted octanol–water partition coefficient (Wildman–Crippen LogP) is 5.66. The van der Waals surface area contributed by atoms with E-state index < -0.39 is 5.97 Å². The summed E-state index contributed by atoms with van der Waals surface area (Å²) in [6.07, 6.45) is 6.00. The van der Waals surface area contributed by atoms with E-state index in [0.29, 0.717) is 16.4 Å². The second-order valence-electron chi connectivity index (χ2n) is 8.31. The van der Waals surface area contributed by atoms with Crippen LogP contribution in [-0.4, -0.2) is 11.1 Å². The topological polar surface area (TPSA) is 37.3 Å². The molecule has 0 aromatic heterocycles. The van der Waals surface area contributed by atoms with E-state index in [1.165, 1.54) is 36.0 Å². The molecule has 4 rings (SSSR count). The molecule has 0 spiro atoms. The van der Waals surface area contributed by atoms with Gasteiger partial charge in [-0.05, 0) is 77.0 Å². The van der Waals surface area contributed by atoms with Crippen molar-refractivity contribution in [2.24, 2.45) is 0 Å². The Bertz CT molecular complexity index is 891. The molecule has 2 aromatic rings. The van der Waals surface area contributed by atoms with Crippen LogP contribution in [-0.2, 0) is 10.8 Å². The molecule has 128 valence electrons. The number of aromatic carboxylic acids is 1. The van der Waals surface area contributed by atoms with Crippen molar-refractivity contribution >= 4 is 17.6 Å². The second kappa shape index (κ2) is 5.32. The van der Waals surface area contributed by atoms with Crippen molar-refractivity contribution in [2.75, 3.05) is 0 Å². The van der Waals surface area contributed by atoms with Gasteiger partial charge >= 0.3 is 5.97 Å². The Kier molecular flexibility index (Phi) is 3.44. The number of carbonyl (C=O) groups is 1. The van der Waals surface area contributed by atoms with Gasteiger partial charge in [0, 0.05) is 0 Å². The van der Waals surface area contributed by atoms with Crippen molar-refractivity contribution in [2.45, 2.75) is 50.9 Å². The minimum absolute atomic E-state index is 0.324. The van der Waals surface area contributed by atoms with Crippen LogP contribution in [0.2, 0.25) is 0 Å². The quantitative estimate of drug-likeness (QED) is 0.737. The highest BCUT2D eigenvalue weighted by Crippen LogP contribution is 2.60. The molecule has 2 aliphatic rings. The molecular weight excluding hydrogens is 308 g/mol. The molecule has 25 heavy (non-hydrogen) atoms. The van der Waals surface area contributed by atoms with Gasteiger partial charge in [-0.25, -0.2) is 4.79 Å². The van der Waals surface area contributed by atoms with Gasteiger partial charge in [-0.2, -0.15) is 0 Å². The molecular formula is C23H24O2. The van der Waals surface area contributed by atoms with Gasteiger partial charge in [0.1, 0.15) is 0 Å². The molecule has 2 atom stereocenters. The van der Waals surface area contributed by atoms with Gasteiger partial charge in [0.05, 0.1) is 5.56 Å². The van der Waals surface area contributed by atoms with Crippen LogP contribution in [0.1, 0.15) is 72.6 Å². The number of hydrogen-bond acceptors (Lipinski definition) is 1. The van der Waals surface area contributed by atoms with Crippen molar-refractivity contribution in [3.05, 3.63) is 70.3 Å². The SMILES string of the molecule is C/C(=C/c1ccc(C(=O)O)cc1)c1ccc2c(c1)C1(C)CCC2(C)C1. The summed E-state index contributed by atoms with van der Waals surface area (Å²) in [5.74, 6) is -0.886. The maximum absolute atomic E-state index is 11.0. The zero-order chi connectivity index (χ0) is 17.8. The second-order valence-corrected chi connectivity index (χ2v) is 8.31. The van der Waals surface area contributed by atoms with Gasteiger partial charge in [-0.15, -0.1) is 0 Å². The average molecular weight is 332 g/mol. The molecule has 2 unspecified atom stereocenters. The molecule has 0 saturated heterocycles. The summed E-state index contributed by atoms with van der Waals surface area (Å²) in [6.45, 7) is 6.96. The first-order valence-corrected chi connectivity index (χ1v) is 8.98. The Morgan fingerprint density at radius 3 is 2.20 bits per heavy atom. The van der Waals surface area contributed by atoms with Crippen LogP contribution < -0.4 is 0 Å². The molecule has 0 amide bonds. The van der Waals surface area contributed by atoms with Gasteiger partial charge < -0.3 is 5.11 Å². The Balaban J connectivity index is 1.68. The smallest absolute Gasteiger partial charge is 0.335 e. The van der Waals surface area contributed by atoms with Crippen LogP contribution in [0.3, 0.4) is 0 Å². The maximum Gasteiger partial charge on any atom is 0.335 e. The first kappa shape index (κ1) is 16.1. The van der Waals surface area contributed by atoms with Crippen LogP contribution in [0, 0.1) is 0 Å². The van der Waals surface area contributed by atoms with E-state index in [2.05, 4.69) is 45.0 Å². The number of carboxylic acids is 1. The summed E-state index contributed by atoms with van der Waals surface area (Å²) in [7, 11) is 0. The lowest BCUT2D eigenvalue weighted by molar-refractivity contribution is 0.0697. The third-order valence-corrected chi connectivity index (χ3v) is 6.33. The minimum atomic E-state index is -0.886. The normalized spacial score (nSPS) is 27.4. The Morgan fingerprint density at radius 2 is 1.56 bits per heavy atom. The average Bonchev–Trinajstić information content (AvgIpc) is 3.02. The number of allylic oxidation sites excluding steroid dienone is 1. The highest BCUT2D eigenvalue weighted by molar-refractivity contribution is 5.88. The number of rotatable bonds is 3. The number of fused-ring (bicyclic) bond motifs is 5. The summed E-state index contributed by atoms with van der Waals surface area (Å²) < 4.78 is 0. The summed E-state index contributed by atoms with van der Waals surface area (Å²) in [5, 5.41) is 9.01. The van der Waals surface area contributed by atoms with E-state index in [1.54, 1.807) is 17.7 Å². The van der Waals surface area contributed by atoms with Crippen molar-refractivity contribution in [1.82, 2.24) is 0 Å². The molecule has 2 aliphatic carbocycles. The summed E-state index contributed by atoms with van der Waals surface area (Å²) in [4.78, 5) is 11.0. The van der Waals surface area contributed by atoms with Crippen molar-refractivity contribution < 1.29 is 9.90 Å². The standard InChI is InChI=1S/C23H24O2/c1-15(12-16-4-6-17(7-5-16)21(24)25)18-8-9-19-20(13-18)23(3)11-10-22(19,2)14-23/h4-9,12-13H,10-11,14H2,1-3H3,(H,24,25)/b15-12-. The number of hydrogen-bond donors (Lipinski definition) is 1. The highest BCUT2D eigenvalue weighted by Gasteiger charge is 2.52. The zero-order valence-corrected chi connectivity index (χ0v) is 15.1. The van der Waals surface area contributed by atoms with Gasteiger partial charge in [-0.3, -0.25) is 0 Å². The molecule has 1 fully saturated rings. The fourth-order valence-corrected chi connectivity index (χ4v) is 4.92. The summed E-state index contributed by atoms with van der Waals surface area (Å²) in [5.41, 5.74) is 7.61. The third kappa shape index (κ3) is 2.52. The summed E-state index contributed by atoms with van der Waals surface area (Å²) >= 11 is 0. The van der Waals surface area contributed by atoms with Gasteiger partial charge in [-0.1, -0.05) is 50.3 Å². The van der Waals surface area contributed by atoms with Gasteiger partial charge in [0.25, 0.3) is 0 Å². The number of benzene rings is 2. The minimum Gasteiger partial charge on any atom is -0.478 e. The van der Waals surface area contributed by atoms with E-state index in [0.717, 1.165) is 5.56 Å². The Labute approximate surface area is 149 Å². The Morgan fingerprint density at radius 1 is 0.960 bits per heavy atom. The van der Waals surface area contributed by atoms with Crippen LogP contribution in [0.25, 0.3) is 11.6 Å². The van der Waals surface area contributed by atoms with Crippen LogP contribution in [0.5, 0.6) is 0 Å². The van der Waals surface area contributed by atoms with Crippen molar-refractivity contribution in [1.29, 1.82) is 0 Å². The maximum atomic E-state index is 11.0. The molecule has 2 nitrogen and oxygen atoms in total. The lowest BCUT2D eigenvalue weighted by Crippen LogP contribution is -2.18. The lowest BCUT2D eigenvalue weighted by atomic mass is 9.77. The van der Waals surface area contributed by atoms with E-state index in [9.17, 15) is 4.79 Å².